The fraction of sp³-hybridized carbons (Fsp3) is 0.269. The molecular weight excluding hydrogens is 392 g/mol. The summed E-state index contributed by atoms with van der Waals surface area (Å²) < 4.78 is 2.13. The number of benzene rings is 2. The zero-order valence-corrected chi connectivity index (χ0v) is 18.7. The van der Waals surface area contributed by atoms with Gasteiger partial charge in [0.15, 0.2) is 0 Å². The van der Waals surface area contributed by atoms with E-state index in [1.54, 1.807) is 6.08 Å². The molecule has 0 aliphatic rings. The summed E-state index contributed by atoms with van der Waals surface area (Å²) in [5, 5.41) is 0.745. The Labute approximate surface area is 184 Å². The van der Waals surface area contributed by atoms with E-state index < -0.39 is 0 Å². The van der Waals surface area contributed by atoms with Crippen molar-refractivity contribution in [2.45, 2.75) is 39.3 Å². The van der Waals surface area contributed by atoms with Gasteiger partial charge in [-0.05, 0) is 46.9 Å². The number of nitrogens with zero attached hydrogens (tertiary/aromatic N) is 2. The van der Waals surface area contributed by atoms with Gasteiger partial charge < -0.3 is 9.47 Å². The van der Waals surface area contributed by atoms with Crippen LogP contribution in [0, 0.1) is 0 Å². The Hall–Kier alpha value is -2.78. The van der Waals surface area contributed by atoms with Crippen LogP contribution in [0.25, 0.3) is 0 Å². The molecule has 0 N–H and O–H groups in total. The third-order valence-corrected chi connectivity index (χ3v) is 5.58. The first-order chi connectivity index (χ1) is 14.3. The molecule has 156 valence electrons. The van der Waals surface area contributed by atoms with Crippen LogP contribution in [0.5, 0.6) is 0 Å². The second kappa shape index (κ2) is 9.36. The Kier molecular flexibility index (Phi) is 6.84. The van der Waals surface area contributed by atoms with Gasteiger partial charge in [-0.15, -0.1) is 6.58 Å². The first-order valence-corrected chi connectivity index (χ1v) is 10.6. The SMILES string of the molecule is C=CCN(Cc1cccn1Cc1ccccc1Cl)C(=O)c1ccc(C(C)(C)C)cc1. The second-order valence-electron chi connectivity index (χ2n) is 8.52. The summed E-state index contributed by atoms with van der Waals surface area (Å²) in [4.78, 5) is 15.0. The highest BCUT2D eigenvalue weighted by molar-refractivity contribution is 6.31. The zero-order chi connectivity index (χ0) is 21.7. The Morgan fingerprint density at radius 3 is 2.40 bits per heavy atom. The molecule has 0 radical (unpaired) electrons. The smallest absolute Gasteiger partial charge is 0.254 e. The summed E-state index contributed by atoms with van der Waals surface area (Å²) in [5.41, 5.74) is 4.06. The van der Waals surface area contributed by atoms with Crippen molar-refractivity contribution in [3.8, 4) is 0 Å². The first kappa shape index (κ1) is 21.9. The molecule has 0 bridgehead atoms. The monoisotopic (exact) mass is 420 g/mol. The van der Waals surface area contributed by atoms with Gasteiger partial charge >= 0.3 is 0 Å². The van der Waals surface area contributed by atoms with E-state index in [0.717, 1.165) is 16.3 Å². The molecule has 1 amide bonds. The average Bonchev–Trinajstić information content (AvgIpc) is 3.15. The maximum absolute atomic E-state index is 13.2. The molecule has 0 spiro atoms. The van der Waals surface area contributed by atoms with Crippen molar-refractivity contribution in [1.82, 2.24) is 9.47 Å². The van der Waals surface area contributed by atoms with Gasteiger partial charge in [0.1, 0.15) is 0 Å². The molecule has 4 heteroatoms. The highest BCUT2D eigenvalue weighted by atomic mass is 35.5. The molecule has 3 aromatic rings. The van der Waals surface area contributed by atoms with Crippen molar-refractivity contribution in [3.63, 3.8) is 0 Å². The zero-order valence-electron chi connectivity index (χ0n) is 17.9. The Morgan fingerprint density at radius 2 is 1.77 bits per heavy atom. The average molecular weight is 421 g/mol. The molecule has 0 aliphatic carbocycles. The highest BCUT2D eigenvalue weighted by Gasteiger charge is 2.19. The summed E-state index contributed by atoms with van der Waals surface area (Å²) in [7, 11) is 0. The van der Waals surface area contributed by atoms with E-state index in [4.69, 9.17) is 11.6 Å². The van der Waals surface area contributed by atoms with Gasteiger partial charge in [-0.25, -0.2) is 0 Å². The molecule has 0 atom stereocenters. The maximum atomic E-state index is 13.2. The molecule has 3 nitrogen and oxygen atoms in total. The largest absolute Gasteiger partial charge is 0.345 e. The summed E-state index contributed by atoms with van der Waals surface area (Å²) in [6.45, 7) is 12.0. The van der Waals surface area contributed by atoms with Crippen LogP contribution in [-0.4, -0.2) is 21.9 Å². The van der Waals surface area contributed by atoms with E-state index in [9.17, 15) is 4.79 Å². The van der Waals surface area contributed by atoms with Crippen LogP contribution in [0.2, 0.25) is 5.02 Å². The predicted octanol–water partition coefficient (Wildman–Crippen LogP) is 6.32. The molecule has 0 aliphatic heterocycles. The van der Waals surface area contributed by atoms with Crippen LogP contribution in [0.15, 0.2) is 79.5 Å². The summed E-state index contributed by atoms with van der Waals surface area (Å²) in [6, 6.07) is 19.8. The summed E-state index contributed by atoms with van der Waals surface area (Å²) in [5.74, 6) is 0.000790. The number of halogens is 1. The first-order valence-electron chi connectivity index (χ1n) is 10.2. The van der Waals surface area contributed by atoms with Crippen LogP contribution in [0.1, 0.15) is 48.0 Å². The number of hydrogen-bond donors (Lipinski definition) is 0. The Bertz CT molecular complexity index is 1010. The van der Waals surface area contributed by atoms with Gasteiger partial charge in [-0.3, -0.25) is 4.79 Å². The van der Waals surface area contributed by atoms with Crippen molar-refractivity contribution < 1.29 is 4.79 Å². The molecule has 0 saturated heterocycles. The van der Waals surface area contributed by atoms with Crippen molar-refractivity contribution in [1.29, 1.82) is 0 Å². The van der Waals surface area contributed by atoms with Crippen LogP contribution < -0.4 is 0 Å². The minimum Gasteiger partial charge on any atom is -0.345 e. The van der Waals surface area contributed by atoms with Crippen LogP contribution >= 0.6 is 11.6 Å². The van der Waals surface area contributed by atoms with Gasteiger partial charge in [0.25, 0.3) is 5.91 Å². The van der Waals surface area contributed by atoms with Gasteiger partial charge in [-0.2, -0.15) is 0 Å². The molecule has 1 heterocycles. The van der Waals surface area contributed by atoms with Gasteiger partial charge in [-0.1, -0.05) is 68.8 Å². The van der Waals surface area contributed by atoms with Crippen LogP contribution in [0.3, 0.4) is 0 Å². The maximum Gasteiger partial charge on any atom is 0.254 e. The minimum absolute atomic E-state index is 0.000790. The predicted molar refractivity (Wildman–Crippen MR) is 125 cm³/mol. The van der Waals surface area contributed by atoms with E-state index in [1.807, 2.05) is 71.8 Å². The van der Waals surface area contributed by atoms with E-state index >= 15 is 0 Å². The number of amides is 1. The fourth-order valence-electron chi connectivity index (χ4n) is 3.42. The van der Waals surface area contributed by atoms with Crippen molar-refractivity contribution >= 4 is 17.5 Å². The Balaban J connectivity index is 1.79. The van der Waals surface area contributed by atoms with E-state index in [0.29, 0.717) is 25.2 Å². The highest BCUT2D eigenvalue weighted by Crippen LogP contribution is 2.23. The quantitative estimate of drug-likeness (QED) is 0.411. The molecule has 3 rings (SSSR count). The minimum atomic E-state index is 0.000790. The van der Waals surface area contributed by atoms with Gasteiger partial charge in [0, 0.05) is 35.6 Å². The lowest BCUT2D eigenvalue weighted by molar-refractivity contribution is 0.0759. The number of carbonyl (C=O) groups excluding carboxylic acids is 1. The lowest BCUT2D eigenvalue weighted by atomic mass is 9.86. The second-order valence-corrected chi connectivity index (χ2v) is 8.93. The van der Waals surface area contributed by atoms with E-state index in [-0.39, 0.29) is 11.3 Å². The van der Waals surface area contributed by atoms with Crippen molar-refractivity contribution in [3.05, 3.63) is 107 Å². The van der Waals surface area contributed by atoms with E-state index in [2.05, 4.69) is 31.9 Å². The molecule has 2 aromatic carbocycles. The number of hydrogen-bond acceptors (Lipinski definition) is 1. The standard InChI is InChI=1S/C26H29ClN2O/c1-5-16-29(25(30)20-12-14-22(15-13-20)26(2,3)4)19-23-10-8-17-28(23)18-21-9-6-7-11-24(21)27/h5-15,17H,1,16,18-19H2,2-4H3. The topological polar surface area (TPSA) is 25.2 Å². The molecule has 0 saturated carbocycles. The Morgan fingerprint density at radius 1 is 1.07 bits per heavy atom. The number of aromatic nitrogens is 1. The summed E-state index contributed by atoms with van der Waals surface area (Å²) in [6.07, 6.45) is 3.79. The van der Waals surface area contributed by atoms with Crippen LogP contribution in [0.4, 0.5) is 0 Å². The molecule has 1 aromatic heterocycles. The van der Waals surface area contributed by atoms with Gasteiger partial charge in [0.05, 0.1) is 6.54 Å². The number of carbonyl (C=O) groups is 1. The molecule has 0 fully saturated rings. The molecule has 30 heavy (non-hydrogen) atoms. The summed E-state index contributed by atoms with van der Waals surface area (Å²) >= 11 is 6.33. The number of rotatable bonds is 7. The lowest BCUT2D eigenvalue weighted by Gasteiger charge is -2.23. The normalized spacial score (nSPS) is 11.3. The fourth-order valence-corrected chi connectivity index (χ4v) is 3.62. The lowest BCUT2D eigenvalue weighted by Crippen LogP contribution is -2.31. The van der Waals surface area contributed by atoms with Crippen molar-refractivity contribution in [2.24, 2.45) is 0 Å². The van der Waals surface area contributed by atoms with Gasteiger partial charge in [0.2, 0.25) is 0 Å². The molecular formula is C26H29ClN2O. The molecule has 0 unspecified atom stereocenters. The van der Waals surface area contributed by atoms with E-state index in [1.165, 1.54) is 5.56 Å². The van der Waals surface area contributed by atoms with Crippen molar-refractivity contribution in [2.75, 3.05) is 6.54 Å². The third-order valence-electron chi connectivity index (χ3n) is 5.21. The third kappa shape index (κ3) is 5.22. The van der Waals surface area contributed by atoms with Crippen LogP contribution in [-0.2, 0) is 18.5 Å².